The molecule has 0 saturated heterocycles. The summed E-state index contributed by atoms with van der Waals surface area (Å²) in [6, 6.07) is 2.00. The van der Waals surface area contributed by atoms with Gasteiger partial charge in [-0.1, -0.05) is 6.92 Å². The number of fused-ring (bicyclic) bond motifs is 1. The van der Waals surface area contributed by atoms with Crippen LogP contribution in [-0.4, -0.2) is 31.2 Å². The quantitative estimate of drug-likeness (QED) is 0.792. The van der Waals surface area contributed by atoms with Crippen molar-refractivity contribution in [2.45, 2.75) is 26.2 Å². The summed E-state index contributed by atoms with van der Waals surface area (Å²) in [6.45, 7) is 4.04. The zero-order chi connectivity index (χ0) is 14.5. The van der Waals surface area contributed by atoms with Gasteiger partial charge in [-0.25, -0.2) is 9.78 Å². The van der Waals surface area contributed by atoms with Crippen LogP contribution >= 0.6 is 15.9 Å². The smallest absolute Gasteiger partial charge is 0.333 e. The molecular weight excluding hydrogens is 320 g/mol. The maximum Gasteiger partial charge on any atom is 0.333 e. The van der Waals surface area contributed by atoms with E-state index in [-0.39, 0.29) is 5.97 Å². The number of halogens is 1. The van der Waals surface area contributed by atoms with E-state index in [1.165, 1.54) is 7.11 Å². The summed E-state index contributed by atoms with van der Waals surface area (Å²) < 4.78 is 5.76. The second-order valence-corrected chi connectivity index (χ2v) is 5.73. The molecule has 4 nitrogen and oxygen atoms in total. The molecule has 1 aromatic rings. The van der Waals surface area contributed by atoms with Crippen molar-refractivity contribution in [3.05, 3.63) is 27.9 Å². The molecule has 108 valence electrons. The van der Waals surface area contributed by atoms with Crippen LogP contribution in [0.2, 0.25) is 0 Å². The highest BCUT2D eigenvalue weighted by Gasteiger charge is 2.18. The highest BCUT2D eigenvalue weighted by atomic mass is 79.9. The third-order valence-electron chi connectivity index (χ3n) is 3.31. The molecule has 0 radical (unpaired) electrons. The number of pyridine rings is 1. The van der Waals surface area contributed by atoms with Crippen molar-refractivity contribution in [1.82, 2.24) is 4.98 Å². The second-order valence-electron chi connectivity index (χ2n) is 4.82. The number of aromatic nitrogens is 1. The van der Waals surface area contributed by atoms with Gasteiger partial charge in [-0.05, 0) is 47.3 Å². The third-order valence-corrected chi connectivity index (χ3v) is 3.74. The maximum atomic E-state index is 11.8. The van der Waals surface area contributed by atoms with E-state index in [4.69, 9.17) is 4.74 Å². The Kier molecular flexibility index (Phi) is 5.17. The zero-order valence-corrected chi connectivity index (χ0v) is 13.4. The summed E-state index contributed by atoms with van der Waals surface area (Å²) in [6.07, 6.45) is 6.44. The number of nitrogens with zero attached hydrogens (tertiary/aromatic N) is 2. The minimum atomic E-state index is -0.250. The Balaban J connectivity index is 2.46. The second kappa shape index (κ2) is 6.88. The molecule has 0 amide bonds. The summed E-state index contributed by atoms with van der Waals surface area (Å²) in [4.78, 5) is 18.6. The van der Waals surface area contributed by atoms with Crippen molar-refractivity contribution >= 4 is 33.8 Å². The van der Waals surface area contributed by atoms with Crippen molar-refractivity contribution in [3.8, 4) is 0 Å². The van der Waals surface area contributed by atoms with Crippen LogP contribution in [0.25, 0.3) is 6.08 Å². The van der Waals surface area contributed by atoms with Gasteiger partial charge >= 0.3 is 5.97 Å². The standard InChI is InChI=1S/C15H19BrN2O2/c1-3-6-18-7-4-5-11(15(19)20-2)8-12-9-13(16)10-17-14(12)18/h8-10H,3-7H2,1-2H3/b11-8+. The van der Waals surface area contributed by atoms with E-state index in [1.54, 1.807) is 6.20 Å². The number of rotatable bonds is 3. The lowest BCUT2D eigenvalue weighted by Gasteiger charge is -2.27. The van der Waals surface area contributed by atoms with Crippen LogP contribution in [0.3, 0.4) is 0 Å². The van der Waals surface area contributed by atoms with E-state index in [0.717, 1.165) is 48.2 Å². The van der Waals surface area contributed by atoms with Crippen LogP contribution in [0.15, 0.2) is 22.3 Å². The van der Waals surface area contributed by atoms with E-state index in [9.17, 15) is 4.79 Å². The lowest BCUT2D eigenvalue weighted by atomic mass is 10.0. The first-order valence-electron chi connectivity index (χ1n) is 6.85. The number of hydrogen-bond acceptors (Lipinski definition) is 4. The summed E-state index contributed by atoms with van der Waals surface area (Å²) in [5.41, 5.74) is 1.68. The summed E-state index contributed by atoms with van der Waals surface area (Å²) in [7, 11) is 1.42. The minimum absolute atomic E-state index is 0.250. The molecule has 1 aliphatic heterocycles. The van der Waals surface area contributed by atoms with Gasteiger partial charge in [-0.2, -0.15) is 0 Å². The molecule has 2 heterocycles. The molecule has 2 rings (SSSR count). The van der Waals surface area contributed by atoms with Gasteiger partial charge in [0.15, 0.2) is 0 Å². The number of carbonyl (C=O) groups is 1. The van der Waals surface area contributed by atoms with Crippen LogP contribution in [-0.2, 0) is 9.53 Å². The van der Waals surface area contributed by atoms with Crippen molar-refractivity contribution in [2.75, 3.05) is 25.1 Å². The molecule has 0 aliphatic carbocycles. The molecule has 0 saturated carbocycles. The predicted octanol–water partition coefficient (Wildman–Crippen LogP) is 3.41. The number of ether oxygens (including phenoxy) is 1. The average Bonchev–Trinajstić information content (AvgIpc) is 2.42. The zero-order valence-electron chi connectivity index (χ0n) is 11.9. The maximum absolute atomic E-state index is 11.8. The van der Waals surface area contributed by atoms with E-state index < -0.39 is 0 Å². The predicted molar refractivity (Wildman–Crippen MR) is 83.7 cm³/mol. The Morgan fingerprint density at radius 1 is 1.55 bits per heavy atom. The molecule has 20 heavy (non-hydrogen) atoms. The molecular formula is C15H19BrN2O2. The Bertz CT molecular complexity index is 529. The van der Waals surface area contributed by atoms with Crippen LogP contribution in [0.5, 0.6) is 0 Å². The Labute approximate surface area is 128 Å². The van der Waals surface area contributed by atoms with Gasteiger partial charge in [0.05, 0.1) is 7.11 Å². The van der Waals surface area contributed by atoms with Crippen molar-refractivity contribution < 1.29 is 9.53 Å². The fourth-order valence-corrected chi connectivity index (χ4v) is 2.77. The first-order chi connectivity index (χ1) is 9.65. The van der Waals surface area contributed by atoms with Gasteiger partial charge in [0.1, 0.15) is 5.82 Å². The van der Waals surface area contributed by atoms with Gasteiger partial charge in [-0.3, -0.25) is 0 Å². The molecule has 0 aromatic carbocycles. The van der Waals surface area contributed by atoms with Gasteiger partial charge in [-0.15, -0.1) is 0 Å². The highest BCUT2D eigenvalue weighted by Crippen LogP contribution is 2.28. The Morgan fingerprint density at radius 2 is 2.35 bits per heavy atom. The van der Waals surface area contributed by atoms with E-state index >= 15 is 0 Å². The molecule has 1 aliphatic rings. The minimum Gasteiger partial charge on any atom is -0.466 e. The lowest BCUT2D eigenvalue weighted by Crippen LogP contribution is -2.28. The van der Waals surface area contributed by atoms with Gasteiger partial charge in [0.25, 0.3) is 0 Å². The molecule has 0 fully saturated rings. The van der Waals surface area contributed by atoms with Crippen LogP contribution in [0.1, 0.15) is 31.7 Å². The van der Waals surface area contributed by atoms with Crippen LogP contribution in [0, 0.1) is 0 Å². The number of methoxy groups -OCH3 is 1. The van der Waals surface area contributed by atoms with Crippen LogP contribution < -0.4 is 4.90 Å². The van der Waals surface area contributed by atoms with E-state index in [0.29, 0.717) is 5.57 Å². The van der Waals surface area contributed by atoms with Gasteiger partial charge in [0, 0.05) is 34.9 Å². The van der Waals surface area contributed by atoms with E-state index in [2.05, 4.69) is 32.7 Å². The Hall–Kier alpha value is -1.36. The number of carbonyl (C=O) groups excluding carboxylic acids is 1. The van der Waals surface area contributed by atoms with Crippen LogP contribution in [0.4, 0.5) is 5.82 Å². The Morgan fingerprint density at radius 3 is 3.05 bits per heavy atom. The molecule has 0 unspecified atom stereocenters. The largest absolute Gasteiger partial charge is 0.466 e. The molecule has 0 atom stereocenters. The highest BCUT2D eigenvalue weighted by molar-refractivity contribution is 9.10. The number of esters is 1. The molecule has 0 N–H and O–H groups in total. The van der Waals surface area contributed by atoms with Gasteiger partial charge in [0.2, 0.25) is 0 Å². The molecule has 0 bridgehead atoms. The van der Waals surface area contributed by atoms with Crippen molar-refractivity contribution in [1.29, 1.82) is 0 Å². The summed E-state index contributed by atoms with van der Waals surface area (Å²) >= 11 is 3.44. The summed E-state index contributed by atoms with van der Waals surface area (Å²) in [5, 5.41) is 0. The first kappa shape index (κ1) is 15.0. The first-order valence-corrected chi connectivity index (χ1v) is 7.64. The van der Waals surface area contributed by atoms with Crippen molar-refractivity contribution in [3.63, 3.8) is 0 Å². The topological polar surface area (TPSA) is 42.4 Å². The lowest BCUT2D eigenvalue weighted by molar-refractivity contribution is -0.136. The van der Waals surface area contributed by atoms with E-state index in [1.807, 2.05) is 12.1 Å². The number of anilines is 1. The molecule has 0 spiro atoms. The van der Waals surface area contributed by atoms with Crippen molar-refractivity contribution in [2.24, 2.45) is 0 Å². The number of hydrogen-bond donors (Lipinski definition) is 0. The van der Waals surface area contributed by atoms with Gasteiger partial charge < -0.3 is 9.64 Å². The monoisotopic (exact) mass is 338 g/mol. The molecule has 5 heteroatoms. The summed E-state index contributed by atoms with van der Waals surface area (Å²) in [5.74, 6) is 0.691. The normalized spacial score (nSPS) is 17.6. The fourth-order valence-electron chi connectivity index (χ4n) is 2.42. The third kappa shape index (κ3) is 3.39. The molecule has 1 aromatic heterocycles. The average molecular weight is 339 g/mol. The fraction of sp³-hybridized carbons (Fsp3) is 0.467. The SMILES string of the molecule is CCCN1CCC/C(C(=O)OC)=C\c2cc(Br)cnc21.